The van der Waals surface area contributed by atoms with Crippen molar-refractivity contribution in [2.45, 2.75) is 75.3 Å². The Morgan fingerprint density at radius 3 is 2.53 bits per heavy atom. The van der Waals surface area contributed by atoms with E-state index in [1.54, 1.807) is 0 Å². The Hall–Kier alpha value is 0.660. The van der Waals surface area contributed by atoms with Crippen LogP contribution in [0.4, 0.5) is 0 Å². The highest BCUT2D eigenvalue weighted by Gasteiger charge is 2.31. The topological polar surface area (TPSA) is 12.0 Å². The Labute approximate surface area is 128 Å². The second kappa shape index (κ2) is 8.84. The van der Waals surface area contributed by atoms with E-state index in [1.807, 2.05) is 0 Å². The molecule has 2 fully saturated rings. The average Bonchev–Trinajstić information content (AvgIpc) is 2.45. The van der Waals surface area contributed by atoms with Gasteiger partial charge >= 0.3 is 0 Å². The van der Waals surface area contributed by atoms with Crippen LogP contribution in [-0.4, -0.2) is 34.6 Å². The van der Waals surface area contributed by atoms with Crippen molar-refractivity contribution < 1.29 is 0 Å². The lowest BCUT2D eigenvalue weighted by Gasteiger charge is -2.37. The zero-order valence-electron chi connectivity index (χ0n) is 12.7. The minimum atomic E-state index is 0.760. The fourth-order valence-electron chi connectivity index (χ4n) is 3.54. The number of hydrogen-bond acceptors (Lipinski definition) is 3. The van der Waals surface area contributed by atoms with Crippen molar-refractivity contribution in [1.29, 1.82) is 0 Å². The molecule has 1 aliphatic carbocycles. The van der Waals surface area contributed by atoms with Crippen LogP contribution in [0.5, 0.6) is 0 Å². The third kappa shape index (κ3) is 5.17. The van der Waals surface area contributed by atoms with Gasteiger partial charge in [-0.15, -0.1) is 0 Å². The molecule has 2 aliphatic rings. The predicted octanol–water partition coefficient (Wildman–Crippen LogP) is 4.56. The number of hydrogen-bond donors (Lipinski definition) is 1. The minimum absolute atomic E-state index is 0.760. The summed E-state index contributed by atoms with van der Waals surface area (Å²) in [6.07, 6.45) is 10.1. The molecule has 0 bridgehead atoms. The standard InChI is InChI=1S/C16H31NS2/c1-3-9-17-15(12-14-7-5-4-6-8-14)16-13(2)18-10-11-19-16/h13-17H,3-12H2,1-2H3. The van der Waals surface area contributed by atoms with Gasteiger partial charge in [-0.2, -0.15) is 23.5 Å². The van der Waals surface area contributed by atoms with E-state index in [0.717, 1.165) is 22.5 Å². The van der Waals surface area contributed by atoms with E-state index in [0.29, 0.717) is 0 Å². The number of thioether (sulfide) groups is 2. The molecule has 1 N–H and O–H groups in total. The number of rotatable bonds is 6. The highest BCUT2D eigenvalue weighted by atomic mass is 32.2. The second-order valence-corrected chi connectivity index (χ2v) is 8.98. The summed E-state index contributed by atoms with van der Waals surface area (Å²) < 4.78 is 0. The molecule has 1 heterocycles. The highest BCUT2D eigenvalue weighted by molar-refractivity contribution is 8.07. The van der Waals surface area contributed by atoms with Crippen molar-refractivity contribution in [3.63, 3.8) is 0 Å². The summed E-state index contributed by atoms with van der Waals surface area (Å²) >= 11 is 4.42. The van der Waals surface area contributed by atoms with E-state index >= 15 is 0 Å². The zero-order chi connectivity index (χ0) is 13.5. The van der Waals surface area contributed by atoms with Crippen LogP contribution in [-0.2, 0) is 0 Å². The Balaban J connectivity index is 1.89. The maximum absolute atomic E-state index is 3.88. The summed E-state index contributed by atoms with van der Waals surface area (Å²) in [5.74, 6) is 3.71. The molecule has 3 unspecified atom stereocenters. The van der Waals surface area contributed by atoms with E-state index in [1.165, 1.54) is 63.0 Å². The zero-order valence-corrected chi connectivity index (χ0v) is 14.3. The molecule has 3 heteroatoms. The van der Waals surface area contributed by atoms with Gasteiger partial charge in [-0.05, 0) is 25.3 Å². The predicted molar refractivity (Wildman–Crippen MR) is 91.4 cm³/mol. The van der Waals surface area contributed by atoms with Crippen molar-refractivity contribution in [3.05, 3.63) is 0 Å². The molecule has 0 amide bonds. The number of nitrogens with one attached hydrogen (secondary N) is 1. The first kappa shape index (κ1) is 16.0. The van der Waals surface area contributed by atoms with Gasteiger partial charge in [0.2, 0.25) is 0 Å². The Kier molecular flexibility index (Phi) is 7.46. The molecule has 2 rings (SSSR count). The van der Waals surface area contributed by atoms with Crippen LogP contribution >= 0.6 is 23.5 Å². The molecular formula is C16H31NS2. The summed E-state index contributed by atoms with van der Waals surface area (Å²) in [5, 5.41) is 5.55. The van der Waals surface area contributed by atoms with Gasteiger partial charge in [0.05, 0.1) is 0 Å². The molecule has 1 saturated carbocycles. The highest BCUT2D eigenvalue weighted by Crippen LogP contribution is 2.36. The largest absolute Gasteiger partial charge is 0.313 e. The summed E-state index contributed by atoms with van der Waals surface area (Å²) in [5.41, 5.74) is 0. The lowest BCUT2D eigenvalue weighted by molar-refractivity contribution is 0.294. The van der Waals surface area contributed by atoms with Crippen LogP contribution < -0.4 is 5.32 Å². The van der Waals surface area contributed by atoms with Crippen LogP contribution in [0.2, 0.25) is 0 Å². The Morgan fingerprint density at radius 2 is 1.84 bits per heavy atom. The quantitative estimate of drug-likeness (QED) is 0.772. The Morgan fingerprint density at radius 1 is 1.11 bits per heavy atom. The maximum Gasteiger partial charge on any atom is 0.0317 e. The van der Waals surface area contributed by atoms with Gasteiger partial charge in [0.1, 0.15) is 0 Å². The van der Waals surface area contributed by atoms with Crippen LogP contribution in [0.25, 0.3) is 0 Å². The molecule has 0 spiro atoms. The molecule has 3 atom stereocenters. The van der Waals surface area contributed by atoms with Gasteiger partial charge < -0.3 is 5.32 Å². The van der Waals surface area contributed by atoms with E-state index in [4.69, 9.17) is 0 Å². The first-order chi connectivity index (χ1) is 9.31. The molecule has 0 aromatic carbocycles. The van der Waals surface area contributed by atoms with E-state index in [9.17, 15) is 0 Å². The maximum atomic E-state index is 3.88. The van der Waals surface area contributed by atoms with Crippen molar-refractivity contribution in [2.75, 3.05) is 18.1 Å². The van der Waals surface area contributed by atoms with Crippen LogP contribution in [0.3, 0.4) is 0 Å². The molecule has 0 aromatic rings. The fraction of sp³-hybridized carbons (Fsp3) is 1.00. The Bertz CT molecular complexity index is 241. The third-order valence-corrected chi connectivity index (χ3v) is 7.85. The van der Waals surface area contributed by atoms with Gasteiger partial charge in [0, 0.05) is 28.0 Å². The first-order valence-corrected chi connectivity index (χ1v) is 10.4. The van der Waals surface area contributed by atoms with Crippen molar-refractivity contribution in [2.24, 2.45) is 5.92 Å². The SMILES string of the molecule is CCCNC(CC1CCCCC1)C1SCCSC1C. The average molecular weight is 302 g/mol. The van der Waals surface area contributed by atoms with Gasteiger partial charge in [-0.1, -0.05) is 46.0 Å². The van der Waals surface area contributed by atoms with Gasteiger partial charge in [0.25, 0.3) is 0 Å². The molecule has 1 nitrogen and oxygen atoms in total. The van der Waals surface area contributed by atoms with E-state index in [2.05, 4.69) is 42.7 Å². The van der Waals surface area contributed by atoms with E-state index < -0.39 is 0 Å². The third-order valence-electron chi connectivity index (χ3n) is 4.60. The molecule has 0 aromatic heterocycles. The van der Waals surface area contributed by atoms with Crippen molar-refractivity contribution in [3.8, 4) is 0 Å². The lowest BCUT2D eigenvalue weighted by Crippen LogP contribution is -2.45. The summed E-state index contributed by atoms with van der Waals surface area (Å²) in [7, 11) is 0. The van der Waals surface area contributed by atoms with Crippen LogP contribution in [0, 0.1) is 5.92 Å². The monoisotopic (exact) mass is 301 g/mol. The molecule has 0 radical (unpaired) electrons. The molecule has 1 saturated heterocycles. The normalized spacial score (nSPS) is 31.3. The summed E-state index contributed by atoms with van der Waals surface area (Å²) in [6.45, 7) is 5.94. The summed E-state index contributed by atoms with van der Waals surface area (Å²) in [4.78, 5) is 0. The second-order valence-electron chi connectivity index (χ2n) is 6.21. The molecule has 19 heavy (non-hydrogen) atoms. The van der Waals surface area contributed by atoms with Gasteiger partial charge in [-0.25, -0.2) is 0 Å². The van der Waals surface area contributed by atoms with E-state index in [-0.39, 0.29) is 0 Å². The van der Waals surface area contributed by atoms with Gasteiger partial charge in [0.15, 0.2) is 0 Å². The van der Waals surface area contributed by atoms with Crippen molar-refractivity contribution in [1.82, 2.24) is 5.32 Å². The first-order valence-electron chi connectivity index (χ1n) is 8.28. The molecule has 1 aliphatic heterocycles. The van der Waals surface area contributed by atoms with Gasteiger partial charge in [-0.3, -0.25) is 0 Å². The minimum Gasteiger partial charge on any atom is -0.313 e. The smallest absolute Gasteiger partial charge is 0.0317 e. The molecule has 112 valence electrons. The lowest BCUT2D eigenvalue weighted by atomic mass is 9.84. The van der Waals surface area contributed by atoms with Crippen LogP contribution in [0.15, 0.2) is 0 Å². The van der Waals surface area contributed by atoms with Crippen LogP contribution in [0.1, 0.15) is 58.8 Å². The van der Waals surface area contributed by atoms with Crippen molar-refractivity contribution >= 4 is 23.5 Å². The fourth-order valence-corrected chi connectivity index (χ4v) is 6.51. The summed E-state index contributed by atoms with van der Waals surface area (Å²) in [6, 6.07) is 0.760. The molecular weight excluding hydrogens is 270 g/mol.